The molecule has 0 saturated heterocycles. The number of carboxylic acid groups (broad SMARTS) is 1. The van der Waals surface area contributed by atoms with E-state index in [0.29, 0.717) is 17.0 Å². The minimum atomic E-state index is -1.12. The highest BCUT2D eigenvalue weighted by Crippen LogP contribution is 2.15. The zero-order valence-electron chi connectivity index (χ0n) is 12.3. The molecule has 3 N–H and O–H groups in total. The number of carbonyl (C=O) groups is 2. The lowest BCUT2D eigenvalue weighted by atomic mass is 9.99. The fourth-order valence-corrected chi connectivity index (χ4v) is 2.27. The zero-order chi connectivity index (χ0) is 16.0. The van der Waals surface area contributed by atoms with E-state index in [-0.39, 0.29) is 6.42 Å². The Morgan fingerprint density at radius 1 is 1.33 bits per heavy atom. The van der Waals surface area contributed by atoms with E-state index < -0.39 is 28.3 Å². The molecule has 116 valence electrons. The molecule has 1 aromatic rings. The summed E-state index contributed by atoms with van der Waals surface area (Å²) in [7, 11) is -1.12. The summed E-state index contributed by atoms with van der Waals surface area (Å²) in [4.78, 5) is 23.1. The van der Waals surface area contributed by atoms with Gasteiger partial charge < -0.3 is 15.7 Å². The number of carboxylic acids is 1. The highest BCUT2D eigenvalue weighted by atomic mass is 32.2. The smallest absolute Gasteiger partial charge is 0.319 e. The molecule has 2 amide bonds. The van der Waals surface area contributed by atoms with Crippen molar-refractivity contribution >= 4 is 28.5 Å². The van der Waals surface area contributed by atoms with E-state index in [9.17, 15) is 13.8 Å². The number of rotatable bonds is 6. The van der Waals surface area contributed by atoms with Crippen LogP contribution in [0.3, 0.4) is 0 Å². The van der Waals surface area contributed by atoms with Gasteiger partial charge in [-0.05, 0) is 38.5 Å². The number of aliphatic carboxylic acids is 1. The first-order chi connectivity index (χ1) is 9.69. The maximum atomic E-state index is 11.9. The third-order valence-corrected chi connectivity index (χ3v) is 3.76. The summed E-state index contributed by atoms with van der Waals surface area (Å²) in [6.45, 7) is 3.51. The number of amides is 2. The van der Waals surface area contributed by atoms with Gasteiger partial charge in [-0.1, -0.05) is 6.07 Å². The van der Waals surface area contributed by atoms with Gasteiger partial charge in [-0.3, -0.25) is 9.00 Å². The molecule has 0 radical (unpaired) electrons. The standard InChI is InChI=1S/C14H20N2O4S/c1-14(2,8-7-12(17)18)16-13(19)15-10-5-4-6-11(9-10)21(3)20/h4-6,9H,7-8H2,1-3H3,(H,17,18)(H2,15,16,19). The maximum Gasteiger partial charge on any atom is 0.319 e. The molecule has 0 aliphatic heterocycles. The van der Waals surface area contributed by atoms with Gasteiger partial charge in [-0.2, -0.15) is 0 Å². The maximum absolute atomic E-state index is 11.9. The van der Waals surface area contributed by atoms with Crippen molar-refractivity contribution in [2.75, 3.05) is 11.6 Å². The van der Waals surface area contributed by atoms with E-state index in [4.69, 9.17) is 5.11 Å². The van der Waals surface area contributed by atoms with Crippen LogP contribution in [-0.2, 0) is 15.6 Å². The Hall–Kier alpha value is -1.89. The second-order valence-electron chi connectivity index (χ2n) is 5.34. The van der Waals surface area contributed by atoms with Crippen molar-refractivity contribution in [2.24, 2.45) is 0 Å². The van der Waals surface area contributed by atoms with Crippen LogP contribution in [0, 0.1) is 0 Å². The third-order valence-electron chi connectivity index (χ3n) is 2.84. The zero-order valence-corrected chi connectivity index (χ0v) is 13.1. The van der Waals surface area contributed by atoms with E-state index in [0.717, 1.165) is 0 Å². The number of hydrogen-bond acceptors (Lipinski definition) is 3. The molecular weight excluding hydrogens is 292 g/mol. The van der Waals surface area contributed by atoms with Gasteiger partial charge in [0.25, 0.3) is 0 Å². The highest BCUT2D eigenvalue weighted by Gasteiger charge is 2.21. The predicted octanol–water partition coefficient (Wildman–Crippen LogP) is 2.19. The molecule has 0 aromatic heterocycles. The Balaban J connectivity index is 2.62. The topological polar surface area (TPSA) is 95.5 Å². The van der Waals surface area contributed by atoms with Crippen LogP contribution >= 0.6 is 0 Å². The Morgan fingerprint density at radius 2 is 2.00 bits per heavy atom. The number of hydrogen-bond donors (Lipinski definition) is 3. The van der Waals surface area contributed by atoms with Gasteiger partial charge >= 0.3 is 12.0 Å². The Bertz CT molecular complexity index is 558. The molecule has 21 heavy (non-hydrogen) atoms. The fraction of sp³-hybridized carbons (Fsp3) is 0.429. The van der Waals surface area contributed by atoms with Crippen LogP contribution < -0.4 is 10.6 Å². The molecular formula is C14H20N2O4S. The van der Waals surface area contributed by atoms with E-state index in [2.05, 4.69) is 10.6 Å². The van der Waals surface area contributed by atoms with E-state index in [1.165, 1.54) is 0 Å². The summed E-state index contributed by atoms with van der Waals surface area (Å²) in [6.07, 6.45) is 1.88. The van der Waals surface area contributed by atoms with Gasteiger partial charge in [0.1, 0.15) is 0 Å². The third kappa shape index (κ3) is 6.40. The van der Waals surface area contributed by atoms with Crippen molar-refractivity contribution in [3.8, 4) is 0 Å². The molecule has 6 nitrogen and oxygen atoms in total. The second-order valence-corrected chi connectivity index (χ2v) is 6.72. The molecule has 7 heteroatoms. The van der Waals surface area contributed by atoms with Crippen LogP contribution in [0.4, 0.5) is 10.5 Å². The number of carbonyl (C=O) groups excluding carboxylic acids is 1. The van der Waals surface area contributed by atoms with Gasteiger partial charge in [0.2, 0.25) is 0 Å². The van der Waals surface area contributed by atoms with Gasteiger partial charge in [0, 0.05) is 39.6 Å². The lowest BCUT2D eigenvalue weighted by Crippen LogP contribution is -2.45. The average molecular weight is 312 g/mol. The highest BCUT2D eigenvalue weighted by molar-refractivity contribution is 7.84. The summed E-state index contributed by atoms with van der Waals surface area (Å²) in [5.74, 6) is -0.900. The van der Waals surface area contributed by atoms with Crippen molar-refractivity contribution in [1.82, 2.24) is 5.32 Å². The van der Waals surface area contributed by atoms with Gasteiger partial charge in [-0.25, -0.2) is 4.79 Å². The molecule has 1 rings (SSSR count). The lowest BCUT2D eigenvalue weighted by molar-refractivity contribution is -0.137. The minimum Gasteiger partial charge on any atom is -0.481 e. The largest absolute Gasteiger partial charge is 0.481 e. The summed E-state index contributed by atoms with van der Waals surface area (Å²) < 4.78 is 11.4. The molecule has 1 aromatic carbocycles. The quantitative estimate of drug-likeness (QED) is 0.750. The van der Waals surface area contributed by atoms with Crippen LogP contribution in [-0.4, -0.2) is 33.1 Å². The van der Waals surface area contributed by atoms with Crippen LogP contribution in [0.5, 0.6) is 0 Å². The fourth-order valence-electron chi connectivity index (χ4n) is 1.70. The summed E-state index contributed by atoms with van der Waals surface area (Å²) >= 11 is 0. The van der Waals surface area contributed by atoms with Crippen LogP contribution in [0.2, 0.25) is 0 Å². The number of urea groups is 1. The van der Waals surface area contributed by atoms with E-state index in [1.807, 2.05) is 0 Å². The van der Waals surface area contributed by atoms with Gasteiger partial charge in [0.05, 0.1) is 0 Å². The SMILES string of the molecule is CS(=O)c1cccc(NC(=O)NC(C)(C)CCC(=O)O)c1. The van der Waals surface area contributed by atoms with Gasteiger partial charge in [0.15, 0.2) is 0 Å². The molecule has 0 saturated carbocycles. The van der Waals surface area contributed by atoms with Crippen molar-refractivity contribution < 1.29 is 18.9 Å². The van der Waals surface area contributed by atoms with E-state index >= 15 is 0 Å². The summed E-state index contributed by atoms with van der Waals surface area (Å²) in [5, 5.41) is 14.0. The van der Waals surface area contributed by atoms with E-state index in [1.54, 1.807) is 44.4 Å². The first-order valence-electron chi connectivity index (χ1n) is 6.44. The van der Waals surface area contributed by atoms with Crippen molar-refractivity contribution in [3.05, 3.63) is 24.3 Å². The van der Waals surface area contributed by atoms with Crippen LogP contribution in [0.1, 0.15) is 26.7 Å². The molecule has 0 aliphatic carbocycles. The molecule has 1 unspecified atom stereocenters. The second kappa shape index (κ2) is 7.21. The Kier molecular flexibility index (Phi) is 5.90. The minimum absolute atomic E-state index is 0.0163. The average Bonchev–Trinajstić information content (AvgIpc) is 2.36. The summed E-state index contributed by atoms with van der Waals surface area (Å²) in [5.41, 5.74) is -0.0950. The Labute approximate surface area is 126 Å². The molecule has 0 heterocycles. The number of anilines is 1. The number of benzene rings is 1. The molecule has 0 spiro atoms. The predicted molar refractivity (Wildman–Crippen MR) is 81.9 cm³/mol. The van der Waals surface area contributed by atoms with Gasteiger partial charge in [-0.15, -0.1) is 0 Å². The summed E-state index contributed by atoms with van der Waals surface area (Å²) in [6, 6.07) is 6.34. The molecule has 1 atom stereocenters. The Morgan fingerprint density at radius 3 is 2.57 bits per heavy atom. The van der Waals surface area contributed by atoms with Crippen molar-refractivity contribution in [2.45, 2.75) is 37.1 Å². The first-order valence-corrected chi connectivity index (χ1v) is 8.00. The van der Waals surface area contributed by atoms with Crippen molar-refractivity contribution in [3.63, 3.8) is 0 Å². The molecule has 0 fully saturated rings. The first kappa shape index (κ1) is 17.2. The van der Waals surface area contributed by atoms with Crippen molar-refractivity contribution in [1.29, 1.82) is 0 Å². The monoisotopic (exact) mass is 312 g/mol. The molecule has 0 bridgehead atoms. The lowest BCUT2D eigenvalue weighted by Gasteiger charge is -2.25. The normalized spacial score (nSPS) is 12.5. The number of nitrogens with one attached hydrogen (secondary N) is 2. The molecule has 0 aliphatic rings. The van der Waals surface area contributed by atoms with Crippen LogP contribution in [0.15, 0.2) is 29.2 Å². The van der Waals surface area contributed by atoms with Crippen LogP contribution in [0.25, 0.3) is 0 Å².